The maximum Gasteiger partial charge on any atom is 0.271 e. The molecule has 0 bridgehead atoms. The number of H-pyrrole nitrogens is 1. The zero-order valence-corrected chi connectivity index (χ0v) is 15.4. The van der Waals surface area contributed by atoms with E-state index >= 15 is 0 Å². The van der Waals surface area contributed by atoms with E-state index in [1.165, 1.54) is 0 Å². The number of benzene rings is 1. The molecule has 0 aliphatic carbocycles. The number of aryl methyl sites for hydroxylation is 1. The van der Waals surface area contributed by atoms with Gasteiger partial charge in [0.1, 0.15) is 23.6 Å². The molecule has 1 N–H and O–H groups in total. The number of hydrogen-bond acceptors (Lipinski definition) is 5. The first-order valence-electron chi connectivity index (χ1n) is 8.98. The normalized spacial score (nSPS) is 17.1. The van der Waals surface area contributed by atoms with E-state index in [2.05, 4.69) is 20.4 Å². The van der Waals surface area contributed by atoms with Gasteiger partial charge in [-0.15, -0.1) is 10.2 Å². The molecule has 0 spiro atoms. The van der Waals surface area contributed by atoms with E-state index in [1.54, 1.807) is 19.5 Å². The molecule has 1 fully saturated rings. The van der Waals surface area contributed by atoms with Crippen LogP contribution in [0.5, 0.6) is 5.75 Å². The van der Waals surface area contributed by atoms with E-state index in [-0.39, 0.29) is 11.8 Å². The number of amides is 1. The van der Waals surface area contributed by atoms with Gasteiger partial charge < -0.3 is 14.2 Å². The van der Waals surface area contributed by atoms with Crippen molar-refractivity contribution in [3.63, 3.8) is 0 Å². The fourth-order valence-electron chi connectivity index (χ4n) is 3.57. The summed E-state index contributed by atoms with van der Waals surface area (Å²) < 4.78 is 7.18. The van der Waals surface area contributed by atoms with Crippen molar-refractivity contribution in [3.8, 4) is 17.0 Å². The second-order valence-electron chi connectivity index (χ2n) is 6.79. The number of methoxy groups -OCH3 is 1. The lowest BCUT2D eigenvalue weighted by atomic mass is 9.97. The average Bonchev–Trinajstić information content (AvgIpc) is 3.37. The third kappa shape index (κ3) is 3.42. The fourth-order valence-corrected chi connectivity index (χ4v) is 3.57. The second kappa shape index (κ2) is 7.22. The van der Waals surface area contributed by atoms with Crippen molar-refractivity contribution in [3.05, 3.63) is 48.2 Å². The first-order valence-corrected chi connectivity index (χ1v) is 8.98. The van der Waals surface area contributed by atoms with Crippen molar-refractivity contribution in [1.29, 1.82) is 0 Å². The molecular formula is C19H22N6O2. The maximum absolute atomic E-state index is 13.0. The van der Waals surface area contributed by atoms with Crippen LogP contribution in [0.1, 0.15) is 35.1 Å². The quantitative estimate of drug-likeness (QED) is 0.765. The number of likely N-dealkylation sites (tertiary alicyclic amines) is 1. The molecule has 140 valence electrons. The van der Waals surface area contributed by atoms with Gasteiger partial charge in [0.2, 0.25) is 0 Å². The van der Waals surface area contributed by atoms with E-state index in [9.17, 15) is 4.79 Å². The number of rotatable bonds is 4. The van der Waals surface area contributed by atoms with Gasteiger partial charge in [-0.25, -0.2) is 0 Å². The number of aromatic amines is 1. The van der Waals surface area contributed by atoms with Crippen LogP contribution in [0.2, 0.25) is 0 Å². The molecule has 0 saturated carbocycles. The minimum absolute atomic E-state index is 0.0384. The first-order chi connectivity index (χ1) is 13.2. The molecule has 1 aliphatic heterocycles. The van der Waals surface area contributed by atoms with Crippen LogP contribution in [0.15, 0.2) is 36.7 Å². The van der Waals surface area contributed by atoms with E-state index < -0.39 is 0 Å². The number of nitrogens with zero attached hydrogens (tertiary/aromatic N) is 5. The molecule has 1 atom stereocenters. The highest BCUT2D eigenvalue weighted by atomic mass is 16.5. The van der Waals surface area contributed by atoms with Crippen molar-refractivity contribution in [2.75, 3.05) is 20.2 Å². The molecule has 0 radical (unpaired) electrons. The fraction of sp³-hybridized carbons (Fsp3) is 0.368. The number of hydrogen-bond donors (Lipinski definition) is 1. The van der Waals surface area contributed by atoms with Crippen LogP contribution in [0, 0.1) is 0 Å². The standard InChI is InChI=1S/C19H22N6O2/c1-24-12-20-23-18(24)14-6-4-8-25(11-14)19(26)17-10-16(21-22-17)13-5-3-7-15(9-13)27-2/h3,5,7,9-10,12,14H,4,6,8,11H2,1-2H3,(H,21,22)/t14-/m1/s1. The van der Waals surface area contributed by atoms with Gasteiger partial charge in [-0.05, 0) is 31.0 Å². The third-order valence-electron chi connectivity index (χ3n) is 4.99. The zero-order valence-electron chi connectivity index (χ0n) is 15.4. The molecule has 1 aromatic carbocycles. The number of nitrogens with one attached hydrogen (secondary N) is 1. The van der Waals surface area contributed by atoms with Gasteiger partial charge in [-0.2, -0.15) is 5.10 Å². The van der Waals surface area contributed by atoms with Gasteiger partial charge in [0, 0.05) is 31.6 Å². The molecule has 1 aliphatic rings. The summed E-state index contributed by atoms with van der Waals surface area (Å²) in [5.74, 6) is 1.85. The Hall–Kier alpha value is -3.16. The highest BCUT2D eigenvalue weighted by Gasteiger charge is 2.28. The Morgan fingerprint density at radius 2 is 2.22 bits per heavy atom. The van der Waals surface area contributed by atoms with E-state index in [0.29, 0.717) is 12.2 Å². The summed E-state index contributed by atoms with van der Waals surface area (Å²) in [6.07, 6.45) is 3.65. The van der Waals surface area contributed by atoms with Crippen LogP contribution in [0.4, 0.5) is 0 Å². The molecule has 0 unspecified atom stereocenters. The minimum Gasteiger partial charge on any atom is -0.497 e. The molecule has 3 aromatic rings. The highest BCUT2D eigenvalue weighted by molar-refractivity contribution is 5.93. The minimum atomic E-state index is -0.0384. The van der Waals surface area contributed by atoms with Crippen LogP contribution in [0.3, 0.4) is 0 Å². The number of carbonyl (C=O) groups excluding carboxylic acids is 1. The van der Waals surface area contributed by atoms with Crippen LogP contribution >= 0.6 is 0 Å². The van der Waals surface area contributed by atoms with Crippen LogP contribution in [-0.2, 0) is 7.05 Å². The van der Waals surface area contributed by atoms with Crippen molar-refractivity contribution in [1.82, 2.24) is 29.9 Å². The van der Waals surface area contributed by atoms with Gasteiger partial charge in [-0.1, -0.05) is 12.1 Å². The zero-order chi connectivity index (χ0) is 18.8. The topological polar surface area (TPSA) is 88.9 Å². The van der Waals surface area contributed by atoms with Gasteiger partial charge in [0.15, 0.2) is 0 Å². The van der Waals surface area contributed by atoms with Crippen molar-refractivity contribution in [2.45, 2.75) is 18.8 Å². The van der Waals surface area contributed by atoms with Crippen LogP contribution < -0.4 is 4.74 Å². The van der Waals surface area contributed by atoms with Crippen LogP contribution in [-0.4, -0.2) is 56.0 Å². The smallest absolute Gasteiger partial charge is 0.271 e. The van der Waals surface area contributed by atoms with E-state index in [1.807, 2.05) is 40.8 Å². The summed E-state index contributed by atoms with van der Waals surface area (Å²) in [7, 11) is 3.56. The number of aromatic nitrogens is 5. The Kier molecular flexibility index (Phi) is 4.62. The molecular weight excluding hydrogens is 344 g/mol. The molecule has 8 nitrogen and oxygen atoms in total. The Balaban J connectivity index is 1.51. The van der Waals surface area contributed by atoms with Crippen molar-refractivity contribution in [2.24, 2.45) is 7.05 Å². The third-order valence-corrected chi connectivity index (χ3v) is 4.99. The monoisotopic (exact) mass is 366 g/mol. The largest absolute Gasteiger partial charge is 0.497 e. The van der Waals surface area contributed by atoms with Gasteiger partial charge in [-0.3, -0.25) is 9.89 Å². The van der Waals surface area contributed by atoms with E-state index in [4.69, 9.17) is 4.74 Å². The van der Waals surface area contributed by atoms with Gasteiger partial charge in [0.05, 0.1) is 12.8 Å². The maximum atomic E-state index is 13.0. The molecule has 4 rings (SSSR count). The molecule has 1 saturated heterocycles. The summed E-state index contributed by atoms with van der Waals surface area (Å²) in [6, 6.07) is 9.42. The first kappa shape index (κ1) is 17.3. The average molecular weight is 366 g/mol. The Morgan fingerprint density at radius 1 is 1.33 bits per heavy atom. The predicted octanol–water partition coefficient (Wildman–Crippen LogP) is 2.23. The predicted molar refractivity (Wildman–Crippen MR) is 99.5 cm³/mol. The molecule has 3 heterocycles. The summed E-state index contributed by atoms with van der Waals surface area (Å²) >= 11 is 0. The summed E-state index contributed by atoms with van der Waals surface area (Å²) in [5, 5.41) is 15.4. The van der Waals surface area contributed by atoms with E-state index in [0.717, 1.165) is 42.2 Å². The van der Waals surface area contributed by atoms with Crippen molar-refractivity contribution >= 4 is 5.91 Å². The molecule has 8 heteroatoms. The molecule has 27 heavy (non-hydrogen) atoms. The molecule has 2 aromatic heterocycles. The lowest BCUT2D eigenvalue weighted by Gasteiger charge is -2.31. The highest BCUT2D eigenvalue weighted by Crippen LogP contribution is 2.27. The number of ether oxygens (including phenoxy) is 1. The number of carbonyl (C=O) groups is 1. The second-order valence-corrected chi connectivity index (χ2v) is 6.79. The summed E-state index contributed by atoms with van der Waals surface area (Å²) in [6.45, 7) is 1.37. The lowest BCUT2D eigenvalue weighted by molar-refractivity contribution is 0.0697. The van der Waals surface area contributed by atoms with Crippen molar-refractivity contribution < 1.29 is 9.53 Å². The van der Waals surface area contributed by atoms with Gasteiger partial charge in [0.25, 0.3) is 5.91 Å². The summed E-state index contributed by atoms with van der Waals surface area (Å²) in [5.41, 5.74) is 2.12. The SMILES string of the molecule is COc1cccc(-c2cc(C(=O)N3CCC[C@@H](c4nncn4C)C3)[nH]n2)c1. The Morgan fingerprint density at radius 3 is 3.00 bits per heavy atom. The Labute approximate surface area is 157 Å². The number of piperidine rings is 1. The Bertz CT molecular complexity index is 947. The lowest BCUT2D eigenvalue weighted by Crippen LogP contribution is -2.39. The van der Waals surface area contributed by atoms with Crippen LogP contribution in [0.25, 0.3) is 11.3 Å². The van der Waals surface area contributed by atoms with Gasteiger partial charge >= 0.3 is 0 Å². The summed E-state index contributed by atoms with van der Waals surface area (Å²) in [4.78, 5) is 14.8. The molecule has 1 amide bonds.